The van der Waals surface area contributed by atoms with Gasteiger partial charge in [-0.1, -0.05) is 25.1 Å². The van der Waals surface area contributed by atoms with Crippen molar-refractivity contribution in [2.45, 2.75) is 55.9 Å². The van der Waals surface area contributed by atoms with Gasteiger partial charge in [0.25, 0.3) is 0 Å². The first kappa shape index (κ1) is 15.0. The van der Waals surface area contributed by atoms with E-state index >= 15 is 0 Å². The van der Waals surface area contributed by atoms with Crippen LogP contribution in [-0.2, 0) is 10.8 Å². The molecule has 21 heavy (non-hydrogen) atoms. The van der Waals surface area contributed by atoms with Crippen LogP contribution in [0, 0.1) is 0 Å². The van der Waals surface area contributed by atoms with Crippen molar-refractivity contribution in [3.8, 4) is 5.75 Å². The van der Waals surface area contributed by atoms with Crippen molar-refractivity contribution in [3.05, 3.63) is 29.8 Å². The standard InChI is InChI=1S/C17H25NO2S/c1-13(21(2)19)8-11-18-15-12-17(9-5-10-17)20-16-7-4-3-6-14(15)16/h3-4,6-7,13,15,18H,5,8-12H2,1-2H3/t13-,15+,21+/m1/s1. The third-order valence-electron chi connectivity index (χ3n) is 4.97. The highest BCUT2D eigenvalue weighted by Crippen LogP contribution is 2.48. The quantitative estimate of drug-likeness (QED) is 0.908. The molecule has 1 saturated carbocycles. The van der Waals surface area contributed by atoms with Crippen LogP contribution in [-0.4, -0.2) is 27.9 Å². The first-order chi connectivity index (χ1) is 10.1. The fourth-order valence-electron chi connectivity index (χ4n) is 3.30. The second-order valence-electron chi connectivity index (χ2n) is 6.49. The summed E-state index contributed by atoms with van der Waals surface area (Å²) >= 11 is 0. The summed E-state index contributed by atoms with van der Waals surface area (Å²) in [5, 5.41) is 3.93. The van der Waals surface area contributed by atoms with Gasteiger partial charge in [0.2, 0.25) is 0 Å². The summed E-state index contributed by atoms with van der Waals surface area (Å²) in [6, 6.07) is 8.76. The smallest absolute Gasteiger partial charge is 0.124 e. The van der Waals surface area contributed by atoms with E-state index in [1.807, 2.05) is 0 Å². The van der Waals surface area contributed by atoms with Crippen LogP contribution >= 0.6 is 0 Å². The van der Waals surface area contributed by atoms with Gasteiger partial charge in [0.1, 0.15) is 11.4 Å². The van der Waals surface area contributed by atoms with E-state index in [0.29, 0.717) is 6.04 Å². The number of benzene rings is 1. The largest absolute Gasteiger partial charge is 0.487 e. The first-order valence-electron chi connectivity index (χ1n) is 7.93. The van der Waals surface area contributed by atoms with Gasteiger partial charge >= 0.3 is 0 Å². The Morgan fingerprint density at radius 1 is 1.43 bits per heavy atom. The lowest BCUT2D eigenvalue weighted by Gasteiger charge is -2.48. The summed E-state index contributed by atoms with van der Waals surface area (Å²) in [7, 11) is -0.732. The van der Waals surface area contributed by atoms with Crippen molar-refractivity contribution in [2.24, 2.45) is 0 Å². The molecule has 1 heterocycles. The summed E-state index contributed by atoms with van der Waals surface area (Å²) in [6.45, 7) is 2.97. The summed E-state index contributed by atoms with van der Waals surface area (Å²) in [4.78, 5) is 0. The SMILES string of the molecule is C[C@H](CCN[C@H]1CC2(CCC2)Oc2ccccc21)[S@](C)=O. The van der Waals surface area contributed by atoms with Crippen molar-refractivity contribution in [3.63, 3.8) is 0 Å². The van der Waals surface area contributed by atoms with Crippen LogP contribution in [0.3, 0.4) is 0 Å². The van der Waals surface area contributed by atoms with Crippen LogP contribution in [0.25, 0.3) is 0 Å². The molecule has 1 aliphatic heterocycles. The van der Waals surface area contributed by atoms with E-state index in [-0.39, 0.29) is 10.9 Å². The van der Waals surface area contributed by atoms with Crippen LogP contribution in [0.4, 0.5) is 0 Å². The molecule has 1 fully saturated rings. The Bertz CT molecular complexity index is 527. The Labute approximate surface area is 129 Å². The minimum atomic E-state index is -0.732. The predicted octanol–water partition coefficient (Wildman–Crippen LogP) is 3.18. The molecule has 116 valence electrons. The maximum absolute atomic E-state index is 11.4. The maximum atomic E-state index is 11.4. The van der Waals surface area contributed by atoms with Crippen molar-refractivity contribution in [1.82, 2.24) is 5.32 Å². The maximum Gasteiger partial charge on any atom is 0.124 e. The molecule has 3 nitrogen and oxygen atoms in total. The van der Waals surface area contributed by atoms with Crippen LogP contribution in [0.2, 0.25) is 0 Å². The Morgan fingerprint density at radius 2 is 2.19 bits per heavy atom. The van der Waals surface area contributed by atoms with Crippen molar-refractivity contribution in [1.29, 1.82) is 0 Å². The van der Waals surface area contributed by atoms with Gasteiger partial charge in [-0.2, -0.15) is 0 Å². The molecule has 0 amide bonds. The molecular formula is C17H25NO2S. The van der Waals surface area contributed by atoms with Crippen molar-refractivity contribution < 1.29 is 8.95 Å². The van der Waals surface area contributed by atoms with Gasteiger partial charge < -0.3 is 10.1 Å². The minimum absolute atomic E-state index is 0.0746. The molecule has 1 aliphatic carbocycles. The zero-order chi connectivity index (χ0) is 14.9. The van der Waals surface area contributed by atoms with E-state index in [9.17, 15) is 4.21 Å². The van der Waals surface area contributed by atoms with E-state index in [1.165, 1.54) is 24.8 Å². The average Bonchev–Trinajstić information content (AvgIpc) is 2.45. The first-order valence-corrected chi connectivity index (χ1v) is 9.55. The van der Waals surface area contributed by atoms with Gasteiger partial charge in [0.15, 0.2) is 0 Å². The van der Waals surface area contributed by atoms with Crippen molar-refractivity contribution >= 4 is 10.8 Å². The summed E-state index contributed by atoms with van der Waals surface area (Å²) < 4.78 is 17.7. The van der Waals surface area contributed by atoms with Gasteiger partial charge in [-0.3, -0.25) is 4.21 Å². The van der Waals surface area contributed by atoms with Crippen LogP contribution in [0.5, 0.6) is 5.75 Å². The van der Waals surface area contributed by atoms with Crippen molar-refractivity contribution in [2.75, 3.05) is 12.8 Å². The fraction of sp³-hybridized carbons (Fsp3) is 0.647. The summed E-state index contributed by atoms with van der Waals surface area (Å²) in [6.07, 6.45) is 7.44. The number of nitrogens with one attached hydrogen (secondary N) is 1. The second-order valence-corrected chi connectivity index (χ2v) is 8.29. The number of rotatable bonds is 5. The molecule has 1 N–H and O–H groups in total. The topological polar surface area (TPSA) is 38.3 Å². The molecule has 0 bridgehead atoms. The van der Waals surface area contributed by atoms with Gasteiger partial charge in [-0.15, -0.1) is 0 Å². The van der Waals surface area contributed by atoms with Gasteiger partial charge in [0.05, 0.1) is 0 Å². The zero-order valence-electron chi connectivity index (χ0n) is 12.9. The third kappa shape index (κ3) is 3.16. The summed E-state index contributed by atoms with van der Waals surface area (Å²) in [5.74, 6) is 1.05. The highest BCUT2D eigenvalue weighted by Gasteiger charge is 2.45. The molecule has 1 spiro atoms. The van der Waals surface area contributed by atoms with E-state index in [4.69, 9.17) is 4.74 Å². The summed E-state index contributed by atoms with van der Waals surface area (Å²) in [5.41, 5.74) is 1.35. The number of para-hydroxylation sites is 1. The lowest BCUT2D eigenvalue weighted by molar-refractivity contribution is -0.0368. The third-order valence-corrected chi connectivity index (χ3v) is 6.34. The molecule has 0 aromatic heterocycles. The van der Waals surface area contributed by atoms with Gasteiger partial charge in [-0.05, 0) is 38.3 Å². The second kappa shape index (κ2) is 6.09. The highest BCUT2D eigenvalue weighted by atomic mass is 32.2. The van der Waals surface area contributed by atoms with Crippen LogP contribution in [0.1, 0.15) is 50.6 Å². The molecule has 0 unspecified atom stereocenters. The lowest BCUT2D eigenvalue weighted by Crippen LogP contribution is -2.49. The molecule has 4 heteroatoms. The number of hydrogen-bond donors (Lipinski definition) is 1. The molecule has 0 radical (unpaired) electrons. The van der Waals surface area contributed by atoms with Gasteiger partial charge in [-0.25, -0.2) is 0 Å². The Kier molecular flexibility index (Phi) is 4.36. The highest BCUT2D eigenvalue weighted by molar-refractivity contribution is 7.84. The predicted molar refractivity (Wildman–Crippen MR) is 87.2 cm³/mol. The number of fused-ring (bicyclic) bond motifs is 1. The normalized spacial score (nSPS) is 25.5. The van der Waals surface area contributed by atoms with E-state index in [1.54, 1.807) is 6.26 Å². The Balaban J connectivity index is 1.67. The van der Waals surface area contributed by atoms with E-state index in [2.05, 4.69) is 36.5 Å². The van der Waals surface area contributed by atoms with Gasteiger partial charge in [0, 0.05) is 40.3 Å². The number of hydrogen-bond acceptors (Lipinski definition) is 3. The number of ether oxygens (including phenoxy) is 1. The minimum Gasteiger partial charge on any atom is -0.487 e. The average molecular weight is 307 g/mol. The fourth-order valence-corrected chi connectivity index (χ4v) is 3.75. The van der Waals surface area contributed by atoms with Crippen LogP contribution in [0.15, 0.2) is 24.3 Å². The molecule has 3 rings (SSSR count). The monoisotopic (exact) mass is 307 g/mol. The van der Waals surface area contributed by atoms with Crippen LogP contribution < -0.4 is 10.1 Å². The molecule has 3 atom stereocenters. The molecule has 1 aromatic rings. The molecule has 0 saturated heterocycles. The lowest BCUT2D eigenvalue weighted by atomic mass is 9.73. The molecule has 1 aromatic carbocycles. The molecular weight excluding hydrogens is 282 g/mol. The molecule has 2 aliphatic rings. The zero-order valence-corrected chi connectivity index (χ0v) is 13.7. The Hall–Kier alpha value is -0.870. The van der Waals surface area contributed by atoms with E-state index < -0.39 is 10.8 Å². The van der Waals surface area contributed by atoms with E-state index in [0.717, 1.165) is 25.1 Å². The Morgan fingerprint density at radius 3 is 2.86 bits per heavy atom.